The Kier molecular flexibility index (Phi) is 5.18. The summed E-state index contributed by atoms with van der Waals surface area (Å²) in [7, 11) is 0. The smallest absolute Gasteiger partial charge is 0.338 e. The molecule has 1 atom stereocenters. The summed E-state index contributed by atoms with van der Waals surface area (Å²) in [5.41, 5.74) is 1.29. The maximum Gasteiger partial charge on any atom is 0.338 e. The number of esters is 1. The van der Waals surface area contributed by atoms with E-state index in [0.717, 1.165) is 5.56 Å². The molecule has 0 saturated heterocycles. The average molecular weight is 341 g/mol. The van der Waals surface area contributed by atoms with Crippen LogP contribution in [0.5, 0.6) is 11.5 Å². The Hall–Kier alpha value is -3.02. The first-order chi connectivity index (χ1) is 12.1. The summed E-state index contributed by atoms with van der Waals surface area (Å²) >= 11 is 0. The van der Waals surface area contributed by atoms with E-state index in [1.54, 1.807) is 30.3 Å². The number of nitrogens with one attached hydrogen (secondary N) is 1. The van der Waals surface area contributed by atoms with Gasteiger partial charge < -0.3 is 19.5 Å². The Morgan fingerprint density at radius 2 is 1.80 bits per heavy atom. The number of ether oxygens (including phenoxy) is 3. The topological polar surface area (TPSA) is 73.9 Å². The largest absolute Gasteiger partial charge is 0.486 e. The summed E-state index contributed by atoms with van der Waals surface area (Å²) in [4.78, 5) is 23.8. The molecular weight excluding hydrogens is 322 g/mol. The Balaban J connectivity index is 1.53. The van der Waals surface area contributed by atoms with Crippen LogP contribution < -0.4 is 14.8 Å². The van der Waals surface area contributed by atoms with Gasteiger partial charge in [-0.3, -0.25) is 4.79 Å². The van der Waals surface area contributed by atoms with Crippen LogP contribution in [0.25, 0.3) is 0 Å². The lowest BCUT2D eigenvalue weighted by atomic mass is 10.1. The molecular formula is C19H19NO5. The number of amides is 1. The normalized spacial score (nSPS) is 13.6. The quantitative estimate of drug-likeness (QED) is 0.846. The highest BCUT2D eigenvalue weighted by Crippen LogP contribution is 2.32. The molecule has 0 aliphatic carbocycles. The monoisotopic (exact) mass is 341 g/mol. The maximum atomic E-state index is 12.0. The van der Waals surface area contributed by atoms with E-state index in [-0.39, 0.29) is 18.6 Å². The van der Waals surface area contributed by atoms with E-state index in [2.05, 4.69) is 5.32 Å². The minimum Gasteiger partial charge on any atom is -0.486 e. The molecule has 0 radical (unpaired) electrons. The number of hydrogen-bond donors (Lipinski definition) is 1. The summed E-state index contributed by atoms with van der Waals surface area (Å²) in [6, 6.07) is 13.8. The highest BCUT2D eigenvalue weighted by Gasteiger charge is 2.16. The lowest BCUT2D eigenvalue weighted by Crippen LogP contribution is -2.31. The van der Waals surface area contributed by atoms with Gasteiger partial charge in [0, 0.05) is 0 Å². The SMILES string of the molecule is CC(NC(=O)COC(=O)c1ccccc1)c1ccc2c(c1)OCCO2. The molecule has 6 nitrogen and oxygen atoms in total. The third kappa shape index (κ3) is 4.29. The van der Waals surface area contributed by atoms with Crippen LogP contribution in [0.2, 0.25) is 0 Å². The lowest BCUT2D eigenvalue weighted by molar-refractivity contribution is -0.124. The number of carbonyl (C=O) groups excluding carboxylic acids is 2. The number of benzene rings is 2. The number of rotatable bonds is 5. The molecule has 1 aliphatic rings. The molecule has 1 heterocycles. The van der Waals surface area contributed by atoms with Crippen LogP contribution >= 0.6 is 0 Å². The molecule has 6 heteroatoms. The van der Waals surface area contributed by atoms with Crippen LogP contribution in [0.3, 0.4) is 0 Å². The molecule has 1 aliphatic heterocycles. The minimum atomic E-state index is -0.525. The molecule has 3 rings (SSSR count). The van der Waals surface area contributed by atoms with E-state index in [1.807, 2.05) is 25.1 Å². The number of carbonyl (C=O) groups is 2. The van der Waals surface area contributed by atoms with Gasteiger partial charge in [0.15, 0.2) is 18.1 Å². The molecule has 2 aromatic rings. The van der Waals surface area contributed by atoms with Crippen molar-refractivity contribution in [3.8, 4) is 11.5 Å². The van der Waals surface area contributed by atoms with Crippen LogP contribution in [0.15, 0.2) is 48.5 Å². The van der Waals surface area contributed by atoms with Gasteiger partial charge in [-0.15, -0.1) is 0 Å². The van der Waals surface area contributed by atoms with E-state index in [1.165, 1.54) is 0 Å². The molecule has 0 aromatic heterocycles. The van der Waals surface area contributed by atoms with Gasteiger partial charge in [-0.25, -0.2) is 4.79 Å². The lowest BCUT2D eigenvalue weighted by Gasteiger charge is -2.21. The van der Waals surface area contributed by atoms with Crippen molar-refractivity contribution in [3.05, 3.63) is 59.7 Å². The van der Waals surface area contributed by atoms with E-state index < -0.39 is 5.97 Å². The van der Waals surface area contributed by atoms with Crippen LogP contribution in [-0.2, 0) is 9.53 Å². The fraction of sp³-hybridized carbons (Fsp3) is 0.263. The molecule has 25 heavy (non-hydrogen) atoms. The predicted molar refractivity (Wildman–Crippen MR) is 90.7 cm³/mol. The van der Waals surface area contributed by atoms with Crippen molar-refractivity contribution >= 4 is 11.9 Å². The van der Waals surface area contributed by atoms with Crippen LogP contribution in [0.4, 0.5) is 0 Å². The average Bonchev–Trinajstić information content (AvgIpc) is 2.66. The van der Waals surface area contributed by atoms with Gasteiger partial charge in [0.2, 0.25) is 0 Å². The van der Waals surface area contributed by atoms with Crippen LogP contribution in [0, 0.1) is 0 Å². The second kappa shape index (κ2) is 7.70. The molecule has 1 N–H and O–H groups in total. The molecule has 2 aromatic carbocycles. The molecule has 130 valence electrons. The van der Waals surface area contributed by atoms with Crippen molar-refractivity contribution in [3.63, 3.8) is 0 Å². The third-order valence-electron chi connectivity index (χ3n) is 3.79. The van der Waals surface area contributed by atoms with Crippen LogP contribution in [-0.4, -0.2) is 31.7 Å². The van der Waals surface area contributed by atoms with Crippen molar-refractivity contribution in [1.29, 1.82) is 0 Å². The third-order valence-corrected chi connectivity index (χ3v) is 3.79. The first kappa shape index (κ1) is 16.8. The van der Waals surface area contributed by atoms with Crippen molar-refractivity contribution in [2.24, 2.45) is 0 Å². The van der Waals surface area contributed by atoms with Gasteiger partial charge in [-0.2, -0.15) is 0 Å². The first-order valence-corrected chi connectivity index (χ1v) is 8.04. The fourth-order valence-corrected chi connectivity index (χ4v) is 2.48. The van der Waals surface area contributed by atoms with Gasteiger partial charge in [-0.05, 0) is 36.8 Å². The van der Waals surface area contributed by atoms with Gasteiger partial charge in [0.05, 0.1) is 11.6 Å². The van der Waals surface area contributed by atoms with Gasteiger partial charge in [0.1, 0.15) is 13.2 Å². The fourth-order valence-electron chi connectivity index (χ4n) is 2.48. The second-order valence-corrected chi connectivity index (χ2v) is 5.63. The summed E-state index contributed by atoms with van der Waals surface area (Å²) in [5, 5.41) is 2.80. The molecule has 0 fully saturated rings. The Morgan fingerprint density at radius 3 is 2.56 bits per heavy atom. The van der Waals surface area contributed by atoms with Gasteiger partial charge >= 0.3 is 5.97 Å². The standard InChI is InChI=1S/C19H19NO5/c1-13(15-7-8-16-17(11-15)24-10-9-23-16)20-18(21)12-25-19(22)14-5-3-2-4-6-14/h2-8,11,13H,9-10,12H2,1H3,(H,20,21). The first-order valence-electron chi connectivity index (χ1n) is 8.04. The highest BCUT2D eigenvalue weighted by atomic mass is 16.6. The Labute approximate surface area is 145 Å². The van der Waals surface area contributed by atoms with Crippen LogP contribution in [0.1, 0.15) is 28.9 Å². The molecule has 0 saturated carbocycles. The van der Waals surface area contributed by atoms with Crippen molar-refractivity contribution < 1.29 is 23.8 Å². The minimum absolute atomic E-state index is 0.251. The summed E-state index contributed by atoms with van der Waals surface area (Å²) in [6.45, 7) is 2.56. The Morgan fingerprint density at radius 1 is 1.08 bits per heavy atom. The Bertz CT molecular complexity index is 760. The molecule has 0 spiro atoms. The van der Waals surface area contributed by atoms with Crippen molar-refractivity contribution in [2.75, 3.05) is 19.8 Å². The molecule has 1 amide bonds. The van der Waals surface area contributed by atoms with Crippen molar-refractivity contribution in [1.82, 2.24) is 5.32 Å². The summed E-state index contributed by atoms with van der Waals surface area (Å²) in [5.74, 6) is 0.472. The second-order valence-electron chi connectivity index (χ2n) is 5.63. The van der Waals surface area contributed by atoms with E-state index >= 15 is 0 Å². The maximum absolute atomic E-state index is 12.0. The highest BCUT2D eigenvalue weighted by molar-refractivity contribution is 5.91. The predicted octanol–water partition coefficient (Wildman–Crippen LogP) is 2.49. The van der Waals surface area contributed by atoms with E-state index in [0.29, 0.717) is 30.3 Å². The summed E-state index contributed by atoms with van der Waals surface area (Å²) in [6.07, 6.45) is 0. The summed E-state index contributed by atoms with van der Waals surface area (Å²) < 4.78 is 16.0. The van der Waals surface area contributed by atoms with E-state index in [9.17, 15) is 9.59 Å². The zero-order valence-corrected chi connectivity index (χ0v) is 13.9. The molecule has 0 bridgehead atoms. The number of fused-ring (bicyclic) bond motifs is 1. The van der Waals surface area contributed by atoms with Gasteiger partial charge in [0.25, 0.3) is 5.91 Å². The van der Waals surface area contributed by atoms with E-state index in [4.69, 9.17) is 14.2 Å². The van der Waals surface area contributed by atoms with Crippen molar-refractivity contribution in [2.45, 2.75) is 13.0 Å². The zero-order chi connectivity index (χ0) is 17.6. The zero-order valence-electron chi connectivity index (χ0n) is 13.9. The number of hydrogen-bond acceptors (Lipinski definition) is 5. The van der Waals surface area contributed by atoms with Gasteiger partial charge in [-0.1, -0.05) is 24.3 Å². The molecule has 1 unspecified atom stereocenters.